The van der Waals surface area contributed by atoms with Crippen LogP contribution in [0.4, 0.5) is 0 Å². The molecule has 1 fully saturated rings. The molecule has 0 aliphatic carbocycles. The number of β-amino-alcohol motifs (C(OH)–C–C–N with tert-alkyl or cyclic N) is 1. The second-order valence-corrected chi connectivity index (χ2v) is 5.19. The average Bonchev–Trinajstić information content (AvgIpc) is 2.42. The Bertz CT molecular complexity index is 363. The molecule has 0 radical (unpaired) electrons. The molecule has 3 N–H and O–H groups in total. The molecule has 0 spiro atoms. The maximum absolute atomic E-state index is 8.98. The molecule has 2 atom stereocenters. The van der Waals surface area contributed by atoms with Crippen LogP contribution >= 0.6 is 0 Å². The Morgan fingerprint density at radius 2 is 1.89 bits per heavy atom. The van der Waals surface area contributed by atoms with Crippen molar-refractivity contribution in [3.05, 3.63) is 30.1 Å². The van der Waals surface area contributed by atoms with Crippen molar-refractivity contribution >= 4 is 0 Å². The van der Waals surface area contributed by atoms with Crippen LogP contribution < -0.4 is 5.73 Å². The lowest BCUT2D eigenvalue weighted by Crippen LogP contribution is -2.51. The van der Waals surface area contributed by atoms with E-state index in [9.17, 15) is 0 Å². The molecule has 0 aromatic carbocycles. The SMILES string of the molecule is CC(N)C(c1ccncc1)N1CCN(CCO)CC1. The molecule has 1 aliphatic heterocycles. The normalized spacial score (nSPS) is 21.2. The van der Waals surface area contributed by atoms with Crippen LogP contribution in [0, 0.1) is 0 Å². The van der Waals surface area contributed by atoms with Gasteiger partial charge in [0.2, 0.25) is 0 Å². The first-order chi connectivity index (χ1) is 9.22. The van der Waals surface area contributed by atoms with E-state index in [1.165, 1.54) is 5.56 Å². The summed E-state index contributed by atoms with van der Waals surface area (Å²) < 4.78 is 0. The summed E-state index contributed by atoms with van der Waals surface area (Å²) in [6.07, 6.45) is 3.65. The molecule has 1 aromatic heterocycles. The molecule has 0 saturated carbocycles. The molecular weight excluding hydrogens is 240 g/mol. The number of rotatable bonds is 5. The molecule has 2 heterocycles. The summed E-state index contributed by atoms with van der Waals surface area (Å²) in [7, 11) is 0. The van der Waals surface area contributed by atoms with E-state index in [1.807, 2.05) is 24.5 Å². The summed E-state index contributed by atoms with van der Waals surface area (Å²) in [5, 5.41) is 8.98. The first-order valence-electron chi connectivity index (χ1n) is 6.95. The molecular formula is C14H24N4O. The van der Waals surface area contributed by atoms with Gasteiger partial charge in [-0.05, 0) is 24.6 Å². The van der Waals surface area contributed by atoms with Gasteiger partial charge in [-0.2, -0.15) is 0 Å². The molecule has 1 saturated heterocycles. The topological polar surface area (TPSA) is 65.6 Å². The average molecular weight is 264 g/mol. The molecule has 5 heteroatoms. The van der Waals surface area contributed by atoms with Gasteiger partial charge in [0.15, 0.2) is 0 Å². The van der Waals surface area contributed by atoms with Crippen molar-refractivity contribution in [1.29, 1.82) is 0 Å². The van der Waals surface area contributed by atoms with Crippen LogP contribution in [0.5, 0.6) is 0 Å². The Kier molecular flexibility index (Phi) is 5.27. The Morgan fingerprint density at radius 1 is 1.26 bits per heavy atom. The largest absolute Gasteiger partial charge is 0.395 e. The fraction of sp³-hybridized carbons (Fsp3) is 0.643. The van der Waals surface area contributed by atoms with Gasteiger partial charge in [-0.25, -0.2) is 0 Å². The predicted molar refractivity (Wildman–Crippen MR) is 75.7 cm³/mol. The lowest BCUT2D eigenvalue weighted by atomic mass is 9.99. The predicted octanol–water partition coefficient (Wildman–Crippen LogP) is 0.0798. The number of hydrogen-bond acceptors (Lipinski definition) is 5. The molecule has 106 valence electrons. The fourth-order valence-electron chi connectivity index (χ4n) is 2.81. The summed E-state index contributed by atoms with van der Waals surface area (Å²) in [6, 6.07) is 4.44. The highest BCUT2D eigenvalue weighted by molar-refractivity contribution is 5.17. The quantitative estimate of drug-likeness (QED) is 0.788. The third-order valence-electron chi connectivity index (χ3n) is 3.76. The van der Waals surface area contributed by atoms with E-state index < -0.39 is 0 Å². The van der Waals surface area contributed by atoms with Crippen LogP contribution in [-0.4, -0.2) is 65.3 Å². The summed E-state index contributed by atoms with van der Waals surface area (Å²) in [6.45, 7) is 7.05. The minimum Gasteiger partial charge on any atom is -0.395 e. The van der Waals surface area contributed by atoms with Gasteiger partial charge in [0.05, 0.1) is 6.61 Å². The number of nitrogens with two attached hydrogens (primary N) is 1. The third-order valence-corrected chi connectivity index (χ3v) is 3.76. The molecule has 2 unspecified atom stereocenters. The van der Waals surface area contributed by atoms with Crippen molar-refractivity contribution in [2.75, 3.05) is 39.3 Å². The summed E-state index contributed by atoms with van der Waals surface area (Å²) in [5.41, 5.74) is 7.41. The van der Waals surface area contributed by atoms with E-state index in [-0.39, 0.29) is 18.7 Å². The lowest BCUT2D eigenvalue weighted by Gasteiger charge is -2.40. The van der Waals surface area contributed by atoms with Crippen LogP contribution in [0.25, 0.3) is 0 Å². The molecule has 1 aliphatic rings. The van der Waals surface area contributed by atoms with Crippen molar-refractivity contribution in [2.45, 2.75) is 19.0 Å². The first-order valence-corrected chi connectivity index (χ1v) is 6.95. The maximum atomic E-state index is 8.98. The van der Waals surface area contributed by atoms with Crippen LogP contribution in [0.2, 0.25) is 0 Å². The van der Waals surface area contributed by atoms with Gasteiger partial charge in [-0.15, -0.1) is 0 Å². The van der Waals surface area contributed by atoms with Gasteiger partial charge in [0.1, 0.15) is 0 Å². The van der Waals surface area contributed by atoms with Crippen LogP contribution in [0.3, 0.4) is 0 Å². The second kappa shape index (κ2) is 6.96. The van der Waals surface area contributed by atoms with Gasteiger partial charge in [0.25, 0.3) is 0 Å². The highest BCUT2D eigenvalue weighted by atomic mass is 16.3. The molecule has 5 nitrogen and oxygen atoms in total. The van der Waals surface area contributed by atoms with Crippen LogP contribution in [0.15, 0.2) is 24.5 Å². The van der Waals surface area contributed by atoms with E-state index in [1.54, 1.807) is 0 Å². The smallest absolute Gasteiger partial charge is 0.0558 e. The minimum atomic E-state index is 0.0896. The van der Waals surface area contributed by atoms with Crippen molar-refractivity contribution in [2.24, 2.45) is 5.73 Å². The fourth-order valence-corrected chi connectivity index (χ4v) is 2.81. The first kappa shape index (κ1) is 14.4. The number of aliphatic hydroxyl groups is 1. The van der Waals surface area contributed by atoms with E-state index in [0.717, 1.165) is 32.7 Å². The maximum Gasteiger partial charge on any atom is 0.0558 e. The molecule has 1 aromatic rings. The Hall–Kier alpha value is -1.01. The number of aromatic nitrogens is 1. The van der Waals surface area contributed by atoms with Crippen molar-refractivity contribution in [1.82, 2.24) is 14.8 Å². The van der Waals surface area contributed by atoms with Gasteiger partial charge in [0, 0.05) is 57.2 Å². The molecule has 0 amide bonds. The Balaban J connectivity index is 2.02. The van der Waals surface area contributed by atoms with Crippen molar-refractivity contribution in [3.63, 3.8) is 0 Å². The monoisotopic (exact) mass is 264 g/mol. The van der Waals surface area contributed by atoms with Gasteiger partial charge in [-0.1, -0.05) is 0 Å². The van der Waals surface area contributed by atoms with E-state index in [2.05, 4.69) is 21.7 Å². The number of piperazine rings is 1. The summed E-state index contributed by atoms with van der Waals surface area (Å²) in [5.74, 6) is 0. The summed E-state index contributed by atoms with van der Waals surface area (Å²) >= 11 is 0. The number of hydrogen-bond donors (Lipinski definition) is 2. The minimum absolute atomic E-state index is 0.0896. The van der Waals surface area contributed by atoms with Gasteiger partial charge < -0.3 is 10.8 Å². The van der Waals surface area contributed by atoms with Gasteiger partial charge >= 0.3 is 0 Å². The number of pyridine rings is 1. The second-order valence-electron chi connectivity index (χ2n) is 5.19. The Labute approximate surface area is 115 Å². The zero-order chi connectivity index (χ0) is 13.7. The highest BCUT2D eigenvalue weighted by Gasteiger charge is 2.27. The number of aliphatic hydroxyl groups excluding tert-OH is 1. The van der Waals surface area contributed by atoms with Crippen LogP contribution in [-0.2, 0) is 0 Å². The molecule has 2 rings (SSSR count). The van der Waals surface area contributed by atoms with E-state index in [0.29, 0.717) is 0 Å². The highest BCUT2D eigenvalue weighted by Crippen LogP contribution is 2.24. The van der Waals surface area contributed by atoms with Crippen molar-refractivity contribution < 1.29 is 5.11 Å². The van der Waals surface area contributed by atoms with Crippen LogP contribution in [0.1, 0.15) is 18.5 Å². The Morgan fingerprint density at radius 3 is 2.42 bits per heavy atom. The summed E-state index contributed by atoms with van der Waals surface area (Å²) in [4.78, 5) is 8.80. The zero-order valence-electron chi connectivity index (χ0n) is 11.6. The number of nitrogens with zero attached hydrogens (tertiary/aromatic N) is 3. The third kappa shape index (κ3) is 3.73. The van der Waals surface area contributed by atoms with E-state index >= 15 is 0 Å². The molecule has 19 heavy (non-hydrogen) atoms. The standard InChI is InChI=1S/C14H24N4O/c1-12(15)14(13-2-4-16-5-3-13)18-8-6-17(7-9-18)10-11-19/h2-5,12,14,19H,6-11,15H2,1H3. The van der Waals surface area contributed by atoms with Crippen molar-refractivity contribution in [3.8, 4) is 0 Å². The zero-order valence-corrected chi connectivity index (χ0v) is 11.6. The molecule has 0 bridgehead atoms. The van der Waals surface area contributed by atoms with Gasteiger partial charge in [-0.3, -0.25) is 14.8 Å². The van der Waals surface area contributed by atoms with E-state index in [4.69, 9.17) is 10.8 Å². The lowest BCUT2D eigenvalue weighted by molar-refractivity contribution is 0.0760.